The van der Waals surface area contributed by atoms with Crippen LogP contribution in [0.4, 0.5) is 5.69 Å². The first-order chi connectivity index (χ1) is 15.4. The van der Waals surface area contributed by atoms with Crippen LogP contribution in [-0.4, -0.2) is 20.8 Å². The number of nitrogens with zero attached hydrogens (tertiary/aromatic N) is 3. The van der Waals surface area contributed by atoms with Crippen molar-refractivity contribution in [1.29, 1.82) is 0 Å². The van der Waals surface area contributed by atoms with Gasteiger partial charge >= 0.3 is 0 Å². The topological polar surface area (TPSA) is 82.2 Å². The minimum absolute atomic E-state index is 0.187. The molecule has 8 heteroatoms. The molecular weight excluding hydrogens is 472 g/mol. The molecule has 0 unspecified atom stereocenters. The van der Waals surface area contributed by atoms with Crippen LogP contribution in [0.25, 0.3) is 0 Å². The van der Waals surface area contributed by atoms with Gasteiger partial charge in [-0.1, -0.05) is 51.4 Å². The van der Waals surface area contributed by atoms with Gasteiger partial charge in [0.15, 0.2) is 5.69 Å². The largest absolute Gasteiger partial charge is 0.488 e. The molecule has 32 heavy (non-hydrogen) atoms. The molecule has 0 fully saturated rings. The molecule has 0 atom stereocenters. The van der Waals surface area contributed by atoms with E-state index in [4.69, 9.17) is 9.26 Å². The number of hydrogen-bond acceptors (Lipinski definition) is 5. The Morgan fingerprint density at radius 1 is 1.12 bits per heavy atom. The summed E-state index contributed by atoms with van der Waals surface area (Å²) in [5.74, 6) is 0.978. The lowest BCUT2D eigenvalue weighted by atomic mass is 10.1. The van der Waals surface area contributed by atoms with Gasteiger partial charge in [-0.3, -0.25) is 9.48 Å². The monoisotopic (exact) mass is 494 g/mol. The Bertz CT molecular complexity index is 1220. The van der Waals surface area contributed by atoms with Gasteiger partial charge in [0.25, 0.3) is 5.91 Å². The lowest BCUT2D eigenvalue weighted by Crippen LogP contribution is -2.15. The number of para-hydroxylation sites is 1. The van der Waals surface area contributed by atoms with Crippen LogP contribution in [0.5, 0.6) is 5.75 Å². The standard InChI is InChI=1S/C24H23BrN4O3/c1-15-5-4-6-16(2)23(15)31-14-21-17(3)32-28-22(21)24(30)27-20-11-26-29(13-20)12-18-7-9-19(25)10-8-18/h4-11,13H,12,14H2,1-3H3,(H,27,30). The third-order valence-corrected chi connectivity index (χ3v) is 5.65. The average Bonchev–Trinajstić information content (AvgIpc) is 3.35. The Morgan fingerprint density at radius 2 is 1.84 bits per heavy atom. The molecule has 4 rings (SSSR count). The first kappa shape index (κ1) is 21.8. The number of aryl methyl sites for hydroxylation is 3. The molecule has 2 aromatic carbocycles. The summed E-state index contributed by atoms with van der Waals surface area (Å²) < 4.78 is 14.1. The van der Waals surface area contributed by atoms with Crippen molar-refractivity contribution in [2.24, 2.45) is 0 Å². The molecule has 4 aromatic rings. The van der Waals surface area contributed by atoms with Crippen molar-refractivity contribution in [3.63, 3.8) is 0 Å². The fraction of sp³-hybridized carbons (Fsp3) is 0.208. The lowest BCUT2D eigenvalue weighted by molar-refractivity contribution is 0.101. The number of halogens is 1. The first-order valence-corrected chi connectivity index (χ1v) is 10.9. The number of aromatic nitrogens is 3. The predicted octanol–water partition coefficient (Wildman–Crippen LogP) is 5.44. The van der Waals surface area contributed by atoms with Gasteiger partial charge in [0.1, 0.15) is 18.1 Å². The van der Waals surface area contributed by atoms with E-state index >= 15 is 0 Å². The number of rotatable bonds is 7. The number of hydrogen-bond donors (Lipinski definition) is 1. The zero-order valence-corrected chi connectivity index (χ0v) is 19.6. The van der Waals surface area contributed by atoms with Gasteiger partial charge < -0.3 is 14.6 Å². The van der Waals surface area contributed by atoms with Crippen molar-refractivity contribution in [1.82, 2.24) is 14.9 Å². The Balaban J connectivity index is 1.44. The summed E-state index contributed by atoms with van der Waals surface area (Å²) in [5, 5.41) is 11.1. The molecule has 1 N–H and O–H groups in total. The number of amides is 1. The molecule has 0 bridgehead atoms. The van der Waals surface area contributed by atoms with Crippen molar-refractivity contribution in [3.05, 3.63) is 93.0 Å². The SMILES string of the molecule is Cc1cccc(C)c1OCc1c(C(=O)Nc2cnn(Cc3ccc(Br)cc3)c2)noc1C. The van der Waals surface area contributed by atoms with E-state index in [1.54, 1.807) is 24.0 Å². The fourth-order valence-corrected chi connectivity index (χ4v) is 3.66. The second-order valence-electron chi connectivity index (χ2n) is 7.58. The molecule has 2 aromatic heterocycles. The van der Waals surface area contributed by atoms with Gasteiger partial charge in [0, 0.05) is 10.7 Å². The van der Waals surface area contributed by atoms with Crippen LogP contribution in [0.2, 0.25) is 0 Å². The molecule has 0 aliphatic carbocycles. The van der Waals surface area contributed by atoms with Gasteiger partial charge in [-0.2, -0.15) is 5.10 Å². The molecule has 0 saturated carbocycles. The zero-order chi connectivity index (χ0) is 22.7. The van der Waals surface area contributed by atoms with Crippen molar-refractivity contribution in [2.75, 3.05) is 5.32 Å². The summed E-state index contributed by atoms with van der Waals surface area (Å²) in [6, 6.07) is 14.0. The number of ether oxygens (including phenoxy) is 1. The number of carbonyl (C=O) groups excluding carboxylic acids is 1. The zero-order valence-electron chi connectivity index (χ0n) is 18.1. The first-order valence-electron chi connectivity index (χ1n) is 10.1. The van der Waals surface area contributed by atoms with Crippen molar-refractivity contribution >= 4 is 27.5 Å². The third-order valence-electron chi connectivity index (χ3n) is 5.12. The maximum Gasteiger partial charge on any atom is 0.278 e. The van der Waals surface area contributed by atoms with E-state index in [-0.39, 0.29) is 18.2 Å². The minimum Gasteiger partial charge on any atom is -0.488 e. The fourth-order valence-electron chi connectivity index (χ4n) is 3.39. The Hall–Kier alpha value is -3.39. The minimum atomic E-state index is -0.370. The predicted molar refractivity (Wildman–Crippen MR) is 125 cm³/mol. The molecular formula is C24H23BrN4O3. The van der Waals surface area contributed by atoms with E-state index in [1.165, 1.54) is 0 Å². The Morgan fingerprint density at radius 3 is 2.56 bits per heavy atom. The van der Waals surface area contributed by atoms with Crippen LogP contribution >= 0.6 is 15.9 Å². The summed E-state index contributed by atoms with van der Waals surface area (Å²) in [4.78, 5) is 12.9. The summed E-state index contributed by atoms with van der Waals surface area (Å²) in [6.45, 7) is 6.53. The summed E-state index contributed by atoms with van der Waals surface area (Å²) in [7, 11) is 0. The van der Waals surface area contributed by atoms with Crippen LogP contribution in [0.1, 0.15) is 38.5 Å². The number of anilines is 1. The molecule has 0 saturated heterocycles. The van der Waals surface area contributed by atoms with Gasteiger partial charge in [0.05, 0.1) is 24.0 Å². The highest BCUT2D eigenvalue weighted by molar-refractivity contribution is 9.10. The summed E-state index contributed by atoms with van der Waals surface area (Å²) >= 11 is 3.43. The van der Waals surface area contributed by atoms with E-state index in [1.807, 2.05) is 56.3 Å². The van der Waals surface area contributed by atoms with Crippen molar-refractivity contribution in [2.45, 2.75) is 33.9 Å². The van der Waals surface area contributed by atoms with Crippen LogP contribution in [0, 0.1) is 20.8 Å². The third kappa shape index (κ3) is 4.91. The number of nitrogens with one attached hydrogen (secondary N) is 1. The highest BCUT2D eigenvalue weighted by atomic mass is 79.9. The molecule has 0 aliphatic rings. The smallest absolute Gasteiger partial charge is 0.278 e. The van der Waals surface area contributed by atoms with Gasteiger partial charge in [-0.05, 0) is 49.6 Å². The second-order valence-corrected chi connectivity index (χ2v) is 8.50. The number of carbonyl (C=O) groups is 1. The molecule has 164 valence electrons. The maximum atomic E-state index is 12.9. The molecule has 0 spiro atoms. The maximum absolute atomic E-state index is 12.9. The highest BCUT2D eigenvalue weighted by Gasteiger charge is 2.21. The number of benzene rings is 2. The van der Waals surface area contributed by atoms with E-state index in [0.29, 0.717) is 23.6 Å². The molecule has 0 aliphatic heterocycles. The van der Waals surface area contributed by atoms with Crippen molar-refractivity contribution < 1.29 is 14.1 Å². The van der Waals surface area contributed by atoms with Gasteiger partial charge in [-0.25, -0.2) is 0 Å². The van der Waals surface area contributed by atoms with Crippen LogP contribution < -0.4 is 10.1 Å². The Kier molecular flexibility index (Phi) is 6.41. The van der Waals surface area contributed by atoms with E-state index in [0.717, 1.165) is 26.9 Å². The molecule has 2 heterocycles. The van der Waals surface area contributed by atoms with Crippen molar-refractivity contribution in [3.8, 4) is 5.75 Å². The highest BCUT2D eigenvalue weighted by Crippen LogP contribution is 2.25. The van der Waals surface area contributed by atoms with E-state index in [9.17, 15) is 4.79 Å². The van der Waals surface area contributed by atoms with Crippen LogP contribution in [0.15, 0.2) is 63.9 Å². The normalized spacial score (nSPS) is 10.9. The van der Waals surface area contributed by atoms with Crippen LogP contribution in [0.3, 0.4) is 0 Å². The lowest BCUT2D eigenvalue weighted by Gasteiger charge is -2.12. The van der Waals surface area contributed by atoms with E-state index < -0.39 is 0 Å². The Labute approximate surface area is 194 Å². The average molecular weight is 495 g/mol. The van der Waals surface area contributed by atoms with Gasteiger partial charge in [-0.15, -0.1) is 0 Å². The second kappa shape index (κ2) is 9.40. The van der Waals surface area contributed by atoms with Crippen LogP contribution in [-0.2, 0) is 13.2 Å². The molecule has 0 radical (unpaired) electrons. The van der Waals surface area contributed by atoms with Gasteiger partial charge in [0.2, 0.25) is 0 Å². The molecule has 7 nitrogen and oxygen atoms in total. The van der Waals surface area contributed by atoms with E-state index in [2.05, 4.69) is 31.5 Å². The summed E-state index contributed by atoms with van der Waals surface area (Å²) in [6.07, 6.45) is 3.39. The quantitative estimate of drug-likeness (QED) is 0.369. The molecule has 1 amide bonds. The summed E-state index contributed by atoms with van der Waals surface area (Å²) in [5.41, 5.74) is 4.56.